The van der Waals surface area contributed by atoms with E-state index in [-0.39, 0.29) is 10.9 Å². The molecule has 2 heteroatoms. The monoisotopic (exact) mass is 523 g/mol. The van der Waals surface area contributed by atoms with Gasteiger partial charge in [0.2, 0.25) is 0 Å². The Morgan fingerprint density at radius 2 is 0.789 bits per heavy atom. The van der Waals surface area contributed by atoms with Crippen molar-refractivity contribution in [1.29, 1.82) is 0 Å². The average Bonchev–Trinajstić information content (AvgIpc) is 3.00. The summed E-state index contributed by atoms with van der Waals surface area (Å²) in [6.45, 7) is 0. The minimum atomic E-state index is -0.191. The van der Waals surface area contributed by atoms with Gasteiger partial charge in [-0.25, -0.2) is 0 Å². The Labute approximate surface area is 232 Å². The zero-order valence-electron chi connectivity index (χ0n) is 20.9. The Bertz CT molecular complexity index is 1610. The summed E-state index contributed by atoms with van der Waals surface area (Å²) >= 11 is 1.81. The van der Waals surface area contributed by atoms with E-state index in [0.717, 1.165) is 0 Å². The normalized spacial score (nSPS) is 11.7. The fourth-order valence-corrected chi connectivity index (χ4v) is 7.54. The third-order valence-corrected chi connectivity index (χ3v) is 9.60. The molecule has 6 aromatic rings. The highest BCUT2D eigenvalue weighted by Crippen LogP contribution is 2.36. The fourth-order valence-electron chi connectivity index (χ4n) is 4.55. The highest BCUT2D eigenvalue weighted by molar-refractivity contribution is 7.99. The molecule has 0 aliphatic carbocycles. The topological polar surface area (TPSA) is 0 Å². The van der Waals surface area contributed by atoms with Gasteiger partial charge in [0.05, 0.1) is 10.9 Å². The smallest absolute Gasteiger partial charge is 0.0901 e. The van der Waals surface area contributed by atoms with Crippen molar-refractivity contribution in [2.45, 2.75) is 24.5 Å². The molecular weight excluding hydrogens is 497 g/mol. The van der Waals surface area contributed by atoms with Gasteiger partial charge in [-0.05, 0) is 76.9 Å². The predicted octanol–water partition coefficient (Wildman–Crippen LogP) is 10.3. The van der Waals surface area contributed by atoms with Gasteiger partial charge in [0.1, 0.15) is 0 Å². The summed E-state index contributed by atoms with van der Waals surface area (Å²) in [7, 11) is -0.191. The lowest BCUT2D eigenvalue weighted by atomic mass is 10.1. The van der Waals surface area contributed by atoms with E-state index >= 15 is 0 Å². The maximum atomic E-state index is 2.35. The second kappa shape index (κ2) is 11.6. The Balaban J connectivity index is 1.30. The number of rotatable bonds is 7. The van der Waals surface area contributed by atoms with Gasteiger partial charge in [-0.2, -0.15) is 0 Å². The second-order valence-electron chi connectivity index (χ2n) is 8.98. The van der Waals surface area contributed by atoms with Crippen LogP contribution in [0.25, 0.3) is 22.3 Å². The van der Waals surface area contributed by atoms with Gasteiger partial charge >= 0.3 is 0 Å². The number of hydrogen-bond acceptors (Lipinski definition) is 1. The third kappa shape index (κ3) is 5.62. The molecule has 0 spiro atoms. The third-order valence-electron chi connectivity index (χ3n) is 6.39. The van der Waals surface area contributed by atoms with Crippen LogP contribution in [0.4, 0.5) is 0 Å². The number of benzene rings is 6. The lowest BCUT2D eigenvalue weighted by molar-refractivity contribution is 1.28. The summed E-state index contributed by atoms with van der Waals surface area (Å²) in [5, 5.41) is 0. The van der Waals surface area contributed by atoms with Gasteiger partial charge in [-0.3, -0.25) is 0 Å². The standard InChI is InChI=1S/C36H27S2/c1-4-12-28(13-5-1)30-16-10-18-33(26-30)37-32-22-24-35(25-23-32)38(34-19-8-3-9-20-34)36-21-11-17-31(27-36)29-14-6-2-7-15-29/h1-27H/q+1. The van der Waals surface area contributed by atoms with Crippen LogP contribution >= 0.6 is 11.8 Å². The Hall–Kier alpha value is -3.98. The summed E-state index contributed by atoms with van der Waals surface area (Å²) in [5.41, 5.74) is 4.99. The first-order valence-corrected chi connectivity index (χ1v) is 14.8. The molecule has 6 aromatic carbocycles. The molecule has 0 saturated heterocycles. The van der Waals surface area contributed by atoms with Gasteiger partial charge < -0.3 is 0 Å². The van der Waals surface area contributed by atoms with Crippen molar-refractivity contribution in [3.05, 3.63) is 164 Å². The van der Waals surface area contributed by atoms with Gasteiger partial charge in [-0.1, -0.05) is 115 Å². The Morgan fingerprint density at radius 1 is 0.316 bits per heavy atom. The van der Waals surface area contributed by atoms with E-state index in [1.807, 2.05) is 11.8 Å². The lowest BCUT2D eigenvalue weighted by Gasteiger charge is -2.11. The van der Waals surface area contributed by atoms with Crippen LogP contribution in [-0.2, 0) is 10.9 Å². The van der Waals surface area contributed by atoms with Gasteiger partial charge in [0.25, 0.3) is 0 Å². The van der Waals surface area contributed by atoms with Crippen molar-refractivity contribution in [1.82, 2.24) is 0 Å². The van der Waals surface area contributed by atoms with Crippen molar-refractivity contribution in [2.75, 3.05) is 0 Å². The first-order chi connectivity index (χ1) is 18.8. The van der Waals surface area contributed by atoms with E-state index in [9.17, 15) is 0 Å². The van der Waals surface area contributed by atoms with Crippen LogP contribution in [-0.4, -0.2) is 0 Å². The molecule has 0 aliphatic heterocycles. The molecule has 38 heavy (non-hydrogen) atoms. The molecule has 0 N–H and O–H groups in total. The molecule has 0 radical (unpaired) electrons. The van der Waals surface area contributed by atoms with Crippen molar-refractivity contribution in [3.63, 3.8) is 0 Å². The second-order valence-corrected chi connectivity index (χ2v) is 12.2. The van der Waals surface area contributed by atoms with Crippen LogP contribution in [0.15, 0.2) is 188 Å². The summed E-state index contributed by atoms with van der Waals surface area (Å²) in [5.74, 6) is 0. The van der Waals surface area contributed by atoms with E-state index in [1.165, 1.54) is 46.7 Å². The maximum Gasteiger partial charge on any atom is 0.167 e. The molecule has 0 amide bonds. The summed E-state index contributed by atoms with van der Waals surface area (Å²) < 4.78 is 0. The van der Waals surface area contributed by atoms with Crippen LogP contribution in [0.1, 0.15) is 0 Å². The zero-order chi connectivity index (χ0) is 25.6. The van der Waals surface area contributed by atoms with Gasteiger partial charge in [0, 0.05) is 15.9 Å². The fraction of sp³-hybridized carbons (Fsp3) is 0. The Kier molecular flexibility index (Phi) is 7.44. The molecule has 0 aromatic heterocycles. The SMILES string of the molecule is c1ccc(-c2cccc(Sc3ccc([S+](c4ccccc4)c4cccc(-c5ccccc5)c4)cc3)c2)cc1. The molecule has 1 atom stereocenters. The van der Waals surface area contributed by atoms with E-state index in [4.69, 9.17) is 0 Å². The molecule has 0 fully saturated rings. The maximum absolute atomic E-state index is 2.35. The van der Waals surface area contributed by atoms with E-state index < -0.39 is 0 Å². The van der Waals surface area contributed by atoms with Crippen LogP contribution in [0.2, 0.25) is 0 Å². The summed E-state index contributed by atoms with van der Waals surface area (Å²) in [6.07, 6.45) is 0. The average molecular weight is 524 g/mol. The first-order valence-electron chi connectivity index (χ1n) is 12.7. The molecule has 182 valence electrons. The van der Waals surface area contributed by atoms with Crippen LogP contribution in [0.5, 0.6) is 0 Å². The van der Waals surface area contributed by atoms with E-state index in [2.05, 4.69) is 164 Å². The van der Waals surface area contributed by atoms with Gasteiger partial charge in [-0.15, -0.1) is 0 Å². The van der Waals surface area contributed by atoms with Crippen molar-refractivity contribution >= 4 is 22.7 Å². The molecule has 0 bridgehead atoms. The van der Waals surface area contributed by atoms with Crippen LogP contribution in [0, 0.1) is 0 Å². The van der Waals surface area contributed by atoms with Crippen molar-refractivity contribution in [3.8, 4) is 22.3 Å². The molecule has 0 heterocycles. The molecule has 0 nitrogen and oxygen atoms in total. The molecule has 1 unspecified atom stereocenters. The Morgan fingerprint density at radius 3 is 1.42 bits per heavy atom. The molecular formula is C36H27S2+. The molecule has 0 aliphatic rings. The highest BCUT2D eigenvalue weighted by atomic mass is 32.2. The largest absolute Gasteiger partial charge is 0.167 e. The molecule has 0 saturated carbocycles. The van der Waals surface area contributed by atoms with E-state index in [0.29, 0.717) is 0 Å². The lowest BCUT2D eigenvalue weighted by Crippen LogP contribution is -2.04. The number of hydrogen-bond donors (Lipinski definition) is 0. The van der Waals surface area contributed by atoms with Gasteiger partial charge in [0.15, 0.2) is 14.7 Å². The minimum Gasteiger partial charge on any atom is -0.0901 e. The van der Waals surface area contributed by atoms with Crippen molar-refractivity contribution < 1.29 is 0 Å². The summed E-state index contributed by atoms with van der Waals surface area (Å²) in [4.78, 5) is 6.47. The quantitative estimate of drug-likeness (QED) is 0.188. The van der Waals surface area contributed by atoms with Crippen LogP contribution < -0.4 is 0 Å². The summed E-state index contributed by atoms with van der Waals surface area (Å²) in [6, 6.07) is 59.0. The molecule has 6 rings (SSSR count). The first kappa shape index (κ1) is 24.4. The predicted molar refractivity (Wildman–Crippen MR) is 163 cm³/mol. The zero-order valence-corrected chi connectivity index (χ0v) is 22.5. The van der Waals surface area contributed by atoms with Crippen LogP contribution in [0.3, 0.4) is 0 Å². The van der Waals surface area contributed by atoms with Crippen molar-refractivity contribution in [2.24, 2.45) is 0 Å². The minimum absolute atomic E-state index is 0.191. The van der Waals surface area contributed by atoms with E-state index in [1.54, 1.807) is 0 Å². The highest BCUT2D eigenvalue weighted by Gasteiger charge is 2.28.